The second-order valence-electron chi connectivity index (χ2n) is 2.78. The van der Waals surface area contributed by atoms with Gasteiger partial charge in [0.05, 0.1) is 0 Å². The monoisotopic (exact) mass is 204 g/mol. The van der Waals surface area contributed by atoms with Gasteiger partial charge in [-0.3, -0.25) is 9.78 Å². The van der Waals surface area contributed by atoms with E-state index in [2.05, 4.69) is 25.2 Å². The lowest BCUT2D eigenvalue weighted by molar-refractivity contribution is 0.0953. The zero-order valence-electron chi connectivity index (χ0n) is 7.97. The van der Waals surface area contributed by atoms with Crippen LogP contribution in [0.4, 0.5) is 0 Å². The lowest BCUT2D eigenvalue weighted by Crippen LogP contribution is -2.19. The molecular weight excluding hydrogens is 196 g/mol. The van der Waals surface area contributed by atoms with Crippen LogP contribution in [0.15, 0.2) is 29.2 Å². The molecule has 6 heteroatoms. The molecule has 0 atom stereocenters. The first-order valence-corrected chi connectivity index (χ1v) is 4.28. The molecule has 0 spiro atoms. The molecule has 0 saturated carbocycles. The van der Waals surface area contributed by atoms with E-state index in [-0.39, 0.29) is 11.6 Å². The molecule has 15 heavy (non-hydrogen) atoms. The number of hydrogen-bond acceptors (Lipinski definition) is 5. The molecule has 0 unspecified atom stereocenters. The van der Waals surface area contributed by atoms with Gasteiger partial charge in [0.15, 0.2) is 5.69 Å². The van der Waals surface area contributed by atoms with Crippen LogP contribution in [0.5, 0.6) is 0 Å². The predicted molar refractivity (Wildman–Crippen MR) is 50.9 cm³/mol. The van der Waals surface area contributed by atoms with E-state index in [1.165, 1.54) is 7.05 Å². The number of aromatic nitrogens is 3. The summed E-state index contributed by atoms with van der Waals surface area (Å²) in [6, 6.07) is 3.46. The number of amides is 1. The smallest absolute Gasteiger partial charge is 0.275 e. The minimum absolute atomic E-state index is 0.170. The Hall–Kier alpha value is -2.24. The van der Waals surface area contributed by atoms with E-state index in [0.29, 0.717) is 5.69 Å². The van der Waals surface area contributed by atoms with E-state index in [9.17, 15) is 4.79 Å². The Kier molecular flexibility index (Phi) is 2.40. The Balaban J connectivity index is 2.46. The minimum atomic E-state index is -0.330. The molecule has 2 heterocycles. The van der Waals surface area contributed by atoms with Gasteiger partial charge < -0.3 is 5.32 Å². The van der Waals surface area contributed by atoms with Crippen LogP contribution < -0.4 is 5.32 Å². The van der Waals surface area contributed by atoms with Gasteiger partial charge in [-0.25, -0.2) is 4.63 Å². The highest BCUT2D eigenvalue weighted by atomic mass is 16.6. The third-order valence-electron chi connectivity index (χ3n) is 1.88. The number of nitrogens with zero attached hydrogens (tertiary/aromatic N) is 3. The molecule has 0 aliphatic rings. The Morgan fingerprint density at radius 3 is 2.73 bits per heavy atom. The summed E-state index contributed by atoms with van der Waals surface area (Å²) in [7, 11) is 1.52. The molecule has 6 nitrogen and oxygen atoms in total. The predicted octanol–water partition coefficient (Wildman–Crippen LogP) is 0.491. The minimum Gasteiger partial charge on any atom is -0.354 e. The maximum atomic E-state index is 11.4. The van der Waals surface area contributed by atoms with Crippen LogP contribution in [-0.4, -0.2) is 28.3 Å². The third-order valence-corrected chi connectivity index (χ3v) is 1.88. The Labute approximate surface area is 85.3 Å². The van der Waals surface area contributed by atoms with Crippen molar-refractivity contribution in [2.75, 3.05) is 7.05 Å². The van der Waals surface area contributed by atoms with Crippen LogP contribution in [0.1, 0.15) is 10.5 Å². The summed E-state index contributed by atoms with van der Waals surface area (Å²) in [5, 5.41) is 9.69. The lowest BCUT2D eigenvalue weighted by atomic mass is 10.1. The molecule has 0 aliphatic heterocycles. The number of carbonyl (C=O) groups is 1. The maximum Gasteiger partial charge on any atom is 0.275 e. The van der Waals surface area contributed by atoms with Crippen LogP contribution >= 0.6 is 0 Å². The highest BCUT2D eigenvalue weighted by Crippen LogP contribution is 2.18. The normalized spacial score (nSPS) is 9.93. The molecule has 2 aromatic rings. The van der Waals surface area contributed by atoms with Gasteiger partial charge in [0.1, 0.15) is 5.69 Å². The Morgan fingerprint density at radius 2 is 2.07 bits per heavy atom. The van der Waals surface area contributed by atoms with Gasteiger partial charge in [0.2, 0.25) is 0 Å². The van der Waals surface area contributed by atoms with Crippen molar-refractivity contribution in [1.82, 2.24) is 20.6 Å². The van der Waals surface area contributed by atoms with E-state index in [1.54, 1.807) is 24.5 Å². The van der Waals surface area contributed by atoms with Gasteiger partial charge in [-0.05, 0) is 22.4 Å². The first kappa shape index (κ1) is 9.32. The van der Waals surface area contributed by atoms with Gasteiger partial charge in [0, 0.05) is 25.0 Å². The first-order chi connectivity index (χ1) is 7.33. The molecular formula is C9H8N4O2. The second-order valence-corrected chi connectivity index (χ2v) is 2.78. The first-order valence-electron chi connectivity index (χ1n) is 4.28. The average Bonchev–Trinajstić information content (AvgIpc) is 2.78. The fourth-order valence-electron chi connectivity index (χ4n) is 1.16. The Morgan fingerprint density at radius 1 is 1.33 bits per heavy atom. The summed E-state index contributed by atoms with van der Waals surface area (Å²) in [6.45, 7) is 0. The highest BCUT2D eigenvalue weighted by molar-refractivity contribution is 5.97. The summed E-state index contributed by atoms with van der Waals surface area (Å²) in [6.07, 6.45) is 3.22. The number of rotatable bonds is 2. The van der Waals surface area contributed by atoms with E-state index in [0.717, 1.165) is 5.56 Å². The summed E-state index contributed by atoms with van der Waals surface area (Å²) in [5.74, 6) is -0.330. The molecule has 76 valence electrons. The van der Waals surface area contributed by atoms with Crippen molar-refractivity contribution in [1.29, 1.82) is 0 Å². The van der Waals surface area contributed by atoms with Crippen LogP contribution in [-0.2, 0) is 0 Å². The van der Waals surface area contributed by atoms with Crippen LogP contribution in [0, 0.1) is 0 Å². The zero-order chi connectivity index (χ0) is 10.7. The fourth-order valence-corrected chi connectivity index (χ4v) is 1.16. The van der Waals surface area contributed by atoms with Gasteiger partial charge >= 0.3 is 0 Å². The molecule has 0 aliphatic carbocycles. The maximum absolute atomic E-state index is 11.4. The van der Waals surface area contributed by atoms with Gasteiger partial charge in [-0.2, -0.15) is 0 Å². The molecule has 0 aromatic carbocycles. The van der Waals surface area contributed by atoms with E-state index >= 15 is 0 Å². The number of nitrogens with one attached hydrogen (secondary N) is 1. The SMILES string of the molecule is CNC(=O)c1nonc1-c1ccncc1. The second kappa shape index (κ2) is 3.87. The quantitative estimate of drug-likeness (QED) is 0.769. The fraction of sp³-hybridized carbons (Fsp3) is 0.111. The van der Waals surface area contributed by atoms with Crippen molar-refractivity contribution >= 4 is 5.91 Å². The molecule has 1 N–H and O–H groups in total. The molecule has 1 amide bonds. The summed E-state index contributed by atoms with van der Waals surface area (Å²) < 4.78 is 4.54. The van der Waals surface area contributed by atoms with Crippen molar-refractivity contribution in [2.45, 2.75) is 0 Å². The lowest BCUT2D eigenvalue weighted by Gasteiger charge is -1.96. The molecule has 0 saturated heterocycles. The highest BCUT2D eigenvalue weighted by Gasteiger charge is 2.17. The topological polar surface area (TPSA) is 80.9 Å². The summed E-state index contributed by atoms with van der Waals surface area (Å²) in [4.78, 5) is 15.3. The number of carbonyl (C=O) groups excluding carboxylic acids is 1. The van der Waals surface area contributed by atoms with E-state index in [4.69, 9.17) is 0 Å². The summed E-state index contributed by atoms with van der Waals surface area (Å²) >= 11 is 0. The molecule has 2 aromatic heterocycles. The number of hydrogen-bond donors (Lipinski definition) is 1. The van der Waals surface area contributed by atoms with Gasteiger partial charge in [-0.1, -0.05) is 0 Å². The molecule has 2 rings (SSSR count). The van der Waals surface area contributed by atoms with Crippen molar-refractivity contribution in [2.24, 2.45) is 0 Å². The van der Waals surface area contributed by atoms with Crippen molar-refractivity contribution in [3.8, 4) is 11.3 Å². The van der Waals surface area contributed by atoms with E-state index < -0.39 is 0 Å². The van der Waals surface area contributed by atoms with Crippen molar-refractivity contribution in [3.05, 3.63) is 30.2 Å². The third kappa shape index (κ3) is 1.69. The largest absolute Gasteiger partial charge is 0.354 e. The zero-order valence-corrected chi connectivity index (χ0v) is 7.97. The number of pyridine rings is 1. The standard InChI is InChI=1S/C9H8N4O2/c1-10-9(14)8-7(12-15-13-8)6-2-4-11-5-3-6/h2-5H,1H3,(H,10,14). The van der Waals surface area contributed by atoms with Crippen molar-refractivity contribution in [3.63, 3.8) is 0 Å². The molecule has 0 radical (unpaired) electrons. The van der Waals surface area contributed by atoms with Gasteiger partial charge in [0.25, 0.3) is 5.91 Å². The molecule has 0 fully saturated rings. The average molecular weight is 204 g/mol. The Bertz CT molecular complexity index is 466. The summed E-state index contributed by atoms with van der Waals surface area (Å²) in [5.41, 5.74) is 1.32. The van der Waals surface area contributed by atoms with Crippen LogP contribution in [0.2, 0.25) is 0 Å². The molecule has 0 bridgehead atoms. The van der Waals surface area contributed by atoms with Crippen molar-refractivity contribution < 1.29 is 9.42 Å². The van der Waals surface area contributed by atoms with E-state index in [1.807, 2.05) is 0 Å². The van der Waals surface area contributed by atoms with Gasteiger partial charge in [-0.15, -0.1) is 0 Å². The van der Waals surface area contributed by atoms with Crippen LogP contribution in [0.25, 0.3) is 11.3 Å². The van der Waals surface area contributed by atoms with Crippen LogP contribution in [0.3, 0.4) is 0 Å².